The van der Waals surface area contributed by atoms with Crippen molar-refractivity contribution in [1.29, 1.82) is 0 Å². The van der Waals surface area contributed by atoms with Gasteiger partial charge in [-0.3, -0.25) is 0 Å². The van der Waals surface area contributed by atoms with E-state index in [1.54, 1.807) is 0 Å². The second-order valence-electron chi connectivity index (χ2n) is 5.27. The molecule has 0 aliphatic carbocycles. The molecule has 0 aliphatic rings. The monoisotopic (exact) mass is 259 g/mol. The molecule has 0 heterocycles. The third kappa shape index (κ3) is 8.03. The maximum Gasteiger partial charge on any atom is 0.0753 e. The Morgan fingerprint density at radius 3 is 1.89 bits per heavy atom. The van der Waals surface area contributed by atoms with E-state index in [2.05, 4.69) is 30.6 Å². The summed E-state index contributed by atoms with van der Waals surface area (Å²) in [6.07, 6.45) is 1.95. The van der Waals surface area contributed by atoms with Crippen LogP contribution < -0.4 is 5.73 Å². The predicted octanol–water partition coefficient (Wildman–Crippen LogP) is 1.14. The molecule has 0 radical (unpaired) electrons. The Labute approximate surface area is 113 Å². The van der Waals surface area contributed by atoms with Crippen molar-refractivity contribution in [1.82, 2.24) is 9.80 Å². The number of nitrogens with two attached hydrogens (primary N) is 1. The van der Waals surface area contributed by atoms with Crippen LogP contribution in [0.25, 0.3) is 0 Å². The van der Waals surface area contributed by atoms with E-state index >= 15 is 0 Å². The molecular weight excluding hydrogens is 226 g/mol. The quantitative estimate of drug-likeness (QED) is 0.584. The molecule has 1 unspecified atom stereocenters. The Bertz CT molecular complexity index is 193. The van der Waals surface area contributed by atoms with Crippen LogP contribution in [0, 0.1) is 0 Å². The van der Waals surface area contributed by atoms with Gasteiger partial charge in [0.1, 0.15) is 0 Å². The first-order chi connectivity index (χ1) is 8.49. The normalized spacial score (nSPS) is 15.3. The van der Waals surface area contributed by atoms with E-state index in [0.29, 0.717) is 6.54 Å². The van der Waals surface area contributed by atoms with Crippen LogP contribution >= 0.6 is 0 Å². The lowest BCUT2D eigenvalue weighted by molar-refractivity contribution is 0.0478. The molecule has 0 saturated heterocycles. The van der Waals surface area contributed by atoms with Crippen LogP contribution in [-0.4, -0.2) is 66.3 Å². The zero-order valence-electron chi connectivity index (χ0n) is 12.8. The molecule has 3 N–H and O–H groups in total. The molecule has 0 fully saturated rings. The lowest BCUT2D eigenvalue weighted by Crippen LogP contribution is -2.39. The number of hydrogen-bond donors (Lipinski definition) is 2. The highest BCUT2D eigenvalue weighted by Crippen LogP contribution is 2.08. The summed E-state index contributed by atoms with van der Waals surface area (Å²) in [5.74, 6) is 0. The zero-order valence-corrected chi connectivity index (χ0v) is 12.8. The van der Waals surface area contributed by atoms with Crippen LogP contribution in [0.15, 0.2) is 0 Å². The summed E-state index contributed by atoms with van der Waals surface area (Å²) in [7, 11) is 0. The number of hydrogen-bond acceptors (Lipinski definition) is 4. The van der Waals surface area contributed by atoms with Crippen LogP contribution in [0.4, 0.5) is 0 Å². The Morgan fingerprint density at radius 1 is 0.944 bits per heavy atom. The summed E-state index contributed by atoms with van der Waals surface area (Å²) in [4.78, 5) is 4.84. The maximum absolute atomic E-state index is 9.90. The molecule has 0 aromatic carbocycles. The van der Waals surface area contributed by atoms with Gasteiger partial charge in [0.2, 0.25) is 0 Å². The summed E-state index contributed by atoms with van der Waals surface area (Å²) in [6.45, 7) is 15.2. The molecule has 4 heteroatoms. The van der Waals surface area contributed by atoms with Gasteiger partial charge in [0.15, 0.2) is 0 Å². The van der Waals surface area contributed by atoms with Crippen LogP contribution in [-0.2, 0) is 0 Å². The molecule has 110 valence electrons. The van der Waals surface area contributed by atoms with Crippen LogP contribution in [0.3, 0.4) is 0 Å². The molecule has 0 bridgehead atoms. The maximum atomic E-state index is 9.90. The first kappa shape index (κ1) is 17.8. The lowest BCUT2D eigenvalue weighted by atomic mass is 10.0. The van der Waals surface area contributed by atoms with E-state index in [4.69, 9.17) is 5.73 Å². The van der Waals surface area contributed by atoms with Gasteiger partial charge < -0.3 is 20.6 Å². The summed E-state index contributed by atoms with van der Waals surface area (Å²) < 4.78 is 0. The highest BCUT2D eigenvalue weighted by atomic mass is 16.3. The standard InChI is InChI=1S/C14H33N3O/c1-5-16(6-2)10-8-11-17(7-3)12-9-14(4,18)13-15/h18H,5-13,15H2,1-4H3. The van der Waals surface area contributed by atoms with E-state index in [9.17, 15) is 5.11 Å². The molecule has 4 nitrogen and oxygen atoms in total. The second kappa shape index (κ2) is 9.73. The zero-order chi connectivity index (χ0) is 14.0. The van der Waals surface area contributed by atoms with Gasteiger partial charge in [-0.25, -0.2) is 0 Å². The van der Waals surface area contributed by atoms with Crippen molar-refractivity contribution in [3.63, 3.8) is 0 Å². The SMILES string of the molecule is CCN(CC)CCCN(CC)CCC(C)(O)CN. The van der Waals surface area contributed by atoms with Gasteiger partial charge in [0.25, 0.3) is 0 Å². The van der Waals surface area contributed by atoms with Gasteiger partial charge in [0, 0.05) is 13.1 Å². The average Bonchev–Trinajstić information content (AvgIpc) is 2.38. The first-order valence-corrected chi connectivity index (χ1v) is 7.36. The molecule has 18 heavy (non-hydrogen) atoms. The van der Waals surface area contributed by atoms with Crippen LogP contribution in [0.5, 0.6) is 0 Å². The van der Waals surface area contributed by atoms with Gasteiger partial charge in [0.05, 0.1) is 5.60 Å². The van der Waals surface area contributed by atoms with Gasteiger partial charge in [-0.15, -0.1) is 0 Å². The number of nitrogens with zero attached hydrogens (tertiary/aromatic N) is 2. The van der Waals surface area contributed by atoms with Crippen LogP contribution in [0.2, 0.25) is 0 Å². The number of aliphatic hydroxyl groups is 1. The fourth-order valence-electron chi connectivity index (χ4n) is 1.99. The Kier molecular flexibility index (Phi) is 9.64. The minimum Gasteiger partial charge on any atom is -0.389 e. The highest BCUT2D eigenvalue weighted by molar-refractivity contribution is 4.75. The fourth-order valence-corrected chi connectivity index (χ4v) is 1.99. The van der Waals surface area contributed by atoms with Crippen molar-refractivity contribution in [2.24, 2.45) is 5.73 Å². The molecule has 0 amide bonds. The van der Waals surface area contributed by atoms with E-state index < -0.39 is 5.60 Å². The van der Waals surface area contributed by atoms with Gasteiger partial charge in [-0.2, -0.15) is 0 Å². The molecule has 0 aromatic heterocycles. The van der Waals surface area contributed by atoms with Crippen molar-refractivity contribution in [2.75, 3.05) is 45.8 Å². The van der Waals surface area contributed by atoms with Gasteiger partial charge in [-0.05, 0) is 52.5 Å². The largest absolute Gasteiger partial charge is 0.389 e. The Balaban J connectivity index is 3.83. The van der Waals surface area contributed by atoms with Crippen molar-refractivity contribution in [3.05, 3.63) is 0 Å². The van der Waals surface area contributed by atoms with Gasteiger partial charge in [-0.1, -0.05) is 20.8 Å². The molecule has 0 aliphatic heterocycles. The van der Waals surface area contributed by atoms with E-state index in [1.807, 2.05) is 6.92 Å². The van der Waals surface area contributed by atoms with Gasteiger partial charge >= 0.3 is 0 Å². The molecule has 1 atom stereocenters. The molecule has 0 saturated carbocycles. The molecule has 0 spiro atoms. The topological polar surface area (TPSA) is 52.7 Å². The molecular formula is C14H33N3O. The average molecular weight is 259 g/mol. The van der Waals surface area contributed by atoms with Crippen molar-refractivity contribution >= 4 is 0 Å². The van der Waals surface area contributed by atoms with E-state index in [1.165, 1.54) is 6.42 Å². The minimum atomic E-state index is -0.716. The summed E-state index contributed by atoms with van der Waals surface area (Å²) in [5, 5.41) is 9.90. The predicted molar refractivity (Wildman–Crippen MR) is 78.8 cm³/mol. The number of rotatable bonds is 11. The summed E-state index contributed by atoms with van der Waals surface area (Å²) >= 11 is 0. The highest BCUT2D eigenvalue weighted by Gasteiger charge is 2.18. The third-order valence-electron chi connectivity index (χ3n) is 3.70. The minimum absolute atomic E-state index is 0.337. The van der Waals surface area contributed by atoms with E-state index in [-0.39, 0.29) is 0 Å². The Hall–Kier alpha value is -0.160. The smallest absolute Gasteiger partial charge is 0.0753 e. The lowest BCUT2D eigenvalue weighted by Gasteiger charge is -2.27. The fraction of sp³-hybridized carbons (Fsp3) is 1.00. The van der Waals surface area contributed by atoms with Crippen molar-refractivity contribution in [2.45, 2.75) is 46.1 Å². The third-order valence-corrected chi connectivity index (χ3v) is 3.70. The van der Waals surface area contributed by atoms with E-state index in [0.717, 1.165) is 45.7 Å². The Morgan fingerprint density at radius 2 is 1.44 bits per heavy atom. The molecule has 0 aromatic rings. The van der Waals surface area contributed by atoms with Crippen molar-refractivity contribution in [3.8, 4) is 0 Å². The van der Waals surface area contributed by atoms with Crippen molar-refractivity contribution < 1.29 is 5.11 Å². The second-order valence-corrected chi connectivity index (χ2v) is 5.27. The first-order valence-electron chi connectivity index (χ1n) is 7.36. The summed E-state index contributed by atoms with van der Waals surface area (Å²) in [6, 6.07) is 0. The van der Waals surface area contributed by atoms with Crippen LogP contribution in [0.1, 0.15) is 40.5 Å². The molecule has 0 rings (SSSR count). The summed E-state index contributed by atoms with van der Waals surface area (Å²) in [5.41, 5.74) is 4.82.